The van der Waals surface area contributed by atoms with Crippen molar-refractivity contribution in [2.75, 3.05) is 90.2 Å². The Labute approximate surface area is 176 Å². The molecule has 0 bridgehead atoms. The number of hydrogen-bond acceptors (Lipinski definition) is 8. The fourth-order valence-electron chi connectivity index (χ4n) is 3.97. The second-order valence-corrected chi connectivity index (χ2v) is 8.86. The monoisotopic (exact) mass is 404 g/mol. The second-order valence-electron chi connectivity index (χ2n) is 8.86. The van der Waals surface area contributed by atoms with Crippen molar-refractivity contribution in [3.05, 3.63) is 11.8 Å². The number of anilines is 2. The number of piperazine rings is 2. The summed E-state index contributed by atoms with van der Waals surface area (Å²) < 4.78 is 0. The predicted octanol–water partition coefficient (Wildman–Crippen LogP) is 0.881. The largest absolute Gasteiger partial charge is 0.368 e. The third kappa shape index (κ3) is 6.50. The van der Waals surface area contributed by atoms with Gasteiger partial charge in [-0.05, 0) is 34.9 Å². The number of likely N-dealkylation sites (N-methyl/N-ethyl adjacent to an activating group) is 2. The Kier molecular flexibility index (Phi) is 8.06. The molecule has 2 fully saturated rings. The topological polar surface area (TPSA) is 62.8 Å². The van der Waals surface area contributed by atoms with E-state index in [-0.39, 0.29) is 0 Å². The lowest BCUT2D eigenvalue weighted by molar-refractivity contribution is 0.123. The van der Waals surface area contributed by atoms with Gasteiger partial charge in [-0.15, -0.1) is 0 Å². The quantitative estimate of drug-likeness (QED) is 0.662. The van der Waals surface area contributed by atoms with E-state index in [0.717, 1.165) is 76.8 Å². The minimum absolute atomic E-state index is 0.474. The Morgan fingerprint density at radius 3 is 1.83 bits per heavy atom. The van der Waals surface area contributed by atoms with Crippen molar-refractivity contribution in [2.45, 2.75) is 32.9 Å². The third-order valence-electron chi connectivity index (χ3n) is 6.41. The average Bonchev–Trinajstić information content (AvgIpc) is 2.72. The van der Waals surface area contributed by atoms with Crippen LogP contribution >= 0.6 is 0 Å². The molecule has 0 radical (unpaired) electrons. The molecule has 2 unspecified atom stereocenters. The van der Waals surface area contributed by atoms with E-state index in [0.29, 0.717) is 18.0 Å². The zero-order valence-electron chi connectivity index (χ0n) is 19.0. The Morgan fingerprint density at radius 2 is 1.31 bits per heavy atom. The van der Waals surface area contributed by atoms with Crippen LogP contribution in [0.15, 0.2) is 6.20 Å². The Balaban J connectivity index is 1.47. The average molecular weight is 405 g/mol. The molecule has 2 atom stereocenters. The van der Waals surface area contributed by atoms with Crippen LogP contribution in [0.25, 0.3) is 0 Å². The van der Waals surface area contributed by atoms with Crippen LogP contribution in [0, 0.1) is 6.92 Å². The van der Waals surface area contributed by atoms with E-state index < -0.39 is 0 Å². The van der Waals surface area contributed by atoms with Gasteiger partial charge < -0.3 is 20.4 Å². The minimum atomic E-state index is 0.474. The molecule has 8 heteroatoms. The number of aromatic nitrogens is 2. The van der Waals surface area contributed by atoms with Gasteiger partial charge in [-0.25, -0.2) is 4.98 Å². The van der Waals surface area contributed by atoms with Crippen molar-refractivity contribution in [1.29, 1.82) is 0 Å². The van der Waals surface area contributed by atoms with Gasteiger partial charge in [-0.1, -0.05) is 0 Å². The normalized spacial score (nSPS) is 22.4. The number of nitrogens with one attached hydrogen (secondary N) is 2. The van der Waals surface area contributed by atoms with Gasteiger partial charge in [-0.3, -0.25) is 9.80 Å². The Hall–Kier alpha value is -1.48. The van der Waals surface area contributed by atoms with Crippen LogP contribution in [0.5, 0.6) is 0 Å². The molecule has 0 spiro atoms. The number of rotatable bonds is 8. The van der Waals surface area contributed by atoms with Crippen LogP contribution in [-0.2, 0) is 0 Å². The highest BCUT2D eigenvalue weighted by Crippen LogP contribution is 2.14. The standard InChI is InChI=1S/C21H40N8/c1-17-14-23-21(24-16-19(3)29-12-8-27(5)9-13-29)25-20(17)22-15-18(2)28-10-6-26(4)7-11-28/h14,18-19H,6-13,15-16H2,1-5H3,(H2,22,23,24,25). The van der Waals surface area contributed by atoms with E-state index in [9.17, 15) is 0 Å². The summed E-state index contributed by atoms with van der Waals surface area (Å²) >= 11 is 0. The van der Waals surface area contributed by atoms with Gasteiger partial charge in [0.2, 0.25) is 5.95 Å². The first-order valence-corrected chi connectivity index (χ1v) is 11.1. The summed E-state index contributed by atoms with van der Waals surface area (Å²) in [7, 11) is 4.39. The highest BCUT2D eigenvalue weighted by molar-refractivity contribution is 5.46. The van der Waals surface area contributed by atoms with E-state index >= 15 is 0 Å². The molecule has 1 aromatic heterocycles. The molecule has 1 aromatic rings. The molecular weight excluding hydrogens is 364 g/mol. The third-order valence-corrected chi connectivity index (χ3v) is 6.41. The number of aryl methyl sites for hydroxylation is 1. The van der Waals surface area contributed by atoms with Gasteiger partial charge in [0, 0.05) is 89.3 Å². The van der Waals surface area contributed by atoms with Gasteiger partial charge in [0.05, 0.1) is 0 Å². The zero-order chi connectivity index (χ0) is 20.8. The van der Waals surface area contributed by atoms with Crippen molar-refractivity contribution < 1.29 is 0 Å². The molecule has 3 rings (SSSR count). The lowest BCUT2D eigenvalue weighted by Gasteiger charge is -2.36. The predicted molar refractivity (Wildman–Crippen MR) is 121 cm³/mol. The van der Waals surface area contributed by atoms with Gasteiger partial charge in [0.25, 0.3) is 0 Å². The smallest absolute Gasteiger partial charge is 0.224 e. The van der Waals surface area contributed by atoms with Crippen LogP contribution in [0.3, 0.4) is 0 Å². The first-order chi connectivity index (χ1) is 13.9. The van der Waals surface area contributed by atoms with Crippen LogP contribution in [-0.4, -0.2) is 121 Å². The molecule has 8 nitrogen and oxygen atoms in total. The lowest BCUT2D eigenvalue weighted by atomic mass is 10.2. The van der Waals surface area contributed by atoms with E-state index in [1.54, 1.807) is 0 Å². The first-order valence-electron chi connectivity index (χ1n) is 11.1. The molecule has 0 aliphatic carbocycles. The zero-order valence-corrected chi connectivity index (χ0v) is 19.0. The summed E-state index contributed by atoms with van der Waals surface area (Å²) in [6.45, 7) is 17.5. The molecular formula is C21H40N8. The molecule has 3 heterocycles. The fraction of sp³-hybridized carbons (Fsp3) is 0.810. The maximum atomic E-state index is 4.74. The number of hydrogen-bond donors (Lipinski definition) is 2. The van der Waals surface area contributed by atoms with E-state index in [1.165, 1.54) is 0 Å². The summed E-state index contributed by atoms with van der Waals surface area (Å²) in [4.78, 5) is 19.1. The van der Waals surface area contributed by atoms with Crippen molar-refractivity contribution in [3.63, 3.8) is 0 Å². The highest BCUT2D eigenvalue weighted by atomic mass is 15.3. The number of nitrogens with zero attached hydrogens (tertiary/aromatic N) is 6. The highest BCUT2D eigenvalue weighted by Gasteiger charge is 2.20. The minimum Gasteiger partial charge on any atom is -0.368 e. The van der Waals surface area contributed by atoms with E-state index in [4.69, 9.17) is 4.98 Å². The van der Waals surface area contributed by atoms with Crippen LogP contribution in [0.2, 0.25) is 0 Å². The molecule has 0 amide bonds. The van der Waals surface area contributed by atoms with Crippen molar-refractivity contribution in [1.82, 2.24) is 29.6 Å². The van der Waals surface area contributed by atoms with E-state index in [1.807, 2.05) is 6.20 Å². The molecule has 0 saturated carbocycles. The molecule has 2 aliphatic rings. The maximum absolute atomic E-state index is 4.74. The van der Waals surface area contributed by atoms with Gasteiger partial charge in [-0.2, -0.15) is 4.98 Å². The van der Waals surface area contributed by atoms with Gasteiger partial charge >= 0.3 is 0 Å². The lowest BCUT2D eigenvalue weighted by Crippen LogP contribution is -2.50. The second kappa shape index (κ2) is 10.5. The van der Waals surface area contributed by atoms with Gasteiger partial charge in [0.15, 0.2) is 0 Å². The summed E-state index contributed by atoms with van der Waals surface area (Å²) in [5, 5.41) is 7.00. The Bertz CT molecular complexity index is 623. The Morgan fingerprint density at radius 1 is 0.828 bits per heavy atom. The maximum Gasteiger partial charge on any atom is 0.224 e. The SMILES string of the molecule is Cc1cnc(NCC(C)N2CCN(C)CC2)nc1NCC(C)N1CCN(C)CC1. The summed E-state index contributed by atoms with van der Waals surface area (Å²) in [6, 6.07) is 0.967. The van der Waals surface area contributed by atoms with Crippen LogP contribution in [0.4, 0.5) is 11.8 Å². The van der Waals surface area contributed by atoms with Gasteiger partial charge in [0.1, 0.15) is 5.82 Å². The van der Waals surface area contributed by atoms with E-state index in [2.05, 4.69) is 70.1 Å². The molecule has 164 valence electrons. The summed E-state index contributed by atoms with van der Waals surface area (Å²) in [5.74, 6) is 1.65. The molecule has 0 aromatic carbocycles. The summed E-state index contributed by atoms with van der Waals surface area (Å²) in [5.41, 5.74) is 1.09. The fourth-order valence-corrected chi connectivity index (χ4v) is 3.97. The molecule has 2 aliphatic heterocycles. The van der Waals surface area contributed by atoms with Crippen molar-refractivity contribution >= 4 is 11.8 Å². The van der Waals surface area contributed by atoms with Crippen molar-refractivity contribution in [3.8, 4) is 0 Å². The van der Waals surface area contributed by atoms with Crippen LogP contribution < -0.4 is 10.6 Å². The molecule has 2 N–H and O–H groups in total. The first kappa shape index (κ1) is 22.2. The van der Waals surface area contributed by atoms with Crippen LogP contribution in [0.1, 0.15) is 19.4 Å². The molecule has 29 heavy (non-hydrogen) atoms. The summed E-state index contributed by atoms with van der Waals surface area (Å²) in [6.07, 6.45) is 1.92. The molecule has 2 saturated heterocycles. The van der Waals surface area contributed by atoms with Crippen molar-refractivity contribution in [2.24, 2.45) is 0 Å².